The van der Waals surface area contributed by atoms with Gasteiger partial charge in [-0.15, -0.1) is 0 Å². The molecule has 2 heterocycles. The summed E-state index contributed by atoms with van der Waals surface area (Å²) in [7, 11) is 0. The number of hydrogen-bond acceptors (Lipinski definition) is 4. The van der Waals surface area contributed by atoms with Crippen LogP contribution in [0.5, 0.6) is 0 Å². The normalized spacial score (nSPS) is 28.7. The van der Waals surface area contributed by atoms with Gasteiger partial charge in [0.25, 0.3) is 0 Å². The van der Waals surface area contributed by atoms with Gasteiger partial charge >= 0.3 is 12.2 Å². The topological polar surface area (TPSA) is 88.1 Å². The lowest BCUT2D eigenvalue weighted by Crippen LogP contribution is -2.55. The summed E-state index contributed by atoms with van der Waals surface area (Å²) < 4.78 is 11.0. The average Bonchev–Trinajstić information content (AvgIpc) is 2.67. The third-order valence-electron chi connectivity index (χ3n) is 3.56. The molecule has 2 aliphatic rings. The lowest BCUT2D eigenvalue weighted by molar-refractivity contribution is -0.0450. The monoisotopic (exact) mass is 298 g/mol. The van der Waals surface area contributed by atoms with Crippen molar-refractivity contribution in [3.63, 3.8) is 0 Å². The van der Waals surface area contributed by atoms with Crippen molar-refractivity contribution in [3.05, 3.63) is 12.2 Å². The molecule has 2 amide bonds. The minimum atomic E-state index is -1.01. The Balaban J connectivity index is 2.09. The number of rotatable bonds is 1. The summed E-state index contributed by atoms with van der Waals surface area (Å²) in [5.74, 6) is 0. The van der Waals surface area contributed by atoms with Gasteiger partial charge in [-0.2, -0.15) is 0 Å². The Bertz CT molecular complexity index is 457. The molecule has 2 unspecified atom stereocenters. The van der Waals surface area contributed by atoms with E-state index in [-0.39, 0.29) is 13.1 Å². The fourth-order valence-electron chi connectivity index (χ4n) is 2.63. The zero-order chi connectivity index (χ0) is 15.7. The van der Waals surface area contributed by atoms with Gasteiger partial charge in [-0.25, -0.2) is 9.59 Å². The number of likely N-dealkylation sites (tertiary alicyclic amines) is 1. The van der Waals surface area contributed by atoms with Crippen LogP contribution in [-0.2, 0) is 9.47 Å². The number of ether oxygens (including phenoxy) is 2. The Morgan fingerprint density at radius 2 is 2.14 bits per heavy atom. The van der Waals surface area contributed by atoms with Gasteiger partial charge in [-0.05, 0) is 27.2 Å². The lowest BCUT2D eigenvalue weighted by Gasteiger charge is -2.36. The second-order valence-electron chi connectivity index (χ2n) is 6.41. The highest BCUT2D eigenvalue weighted by Gasteiger charge is 2.50. The molecule has 0 aromatic rings. The molecule has 7 heteroatoms. The van der Waals surface area contributed by atoms with E-state index < -0.39 is 29.4 Å². The summed E-state index contributed by atoms with van der Waals surface area (Å²) in [5.41, 5.74) is -1.31. The molecule has 2 rings (SSSR count). The van der Waals surface area contributed by atoms with Crippen LogP contribution in [0, 0.1) is 0 Å². The summed E-state index contributed by atoms with van der Waals surface area (Å²) >= 11 is 0. The Hall–Kier alpha value is -1.76. The molecule has 0 aliphatic carbocycles. The Morgan fingerprint density at radius 3 is 2.67 bits per heavy atom. The van der Waals surface area contributed by atoms with Crippen molar-refractivity contribution in [2.75, 3.05) is 19.7 Å². The molecule has 0 radical (unpaired) electrons. The van der Waals surface area contributed by atoms with E-state index in [1.54, 1.807) is 20.8 Å². The Morgan fingerprint density at radius 1 is 1.43 bits per heavy atom. The molecule has 0 aromatic carbocycles. The number of carbonyl (C=O) groups excluding carboxylic acids is 1. The molecular formula is C14H22N2O5. The maximum atomic E-state index is 11.9. The number of hydrogen-bond donors (Lipinski definition) is 2. The second kappa shape index (κ2) is 5.55. The SMILES string of the molecule is CC(C)(C)OC(=O)NC1CN(C(=O)O)CC12CC=CCO2. The summed E-state index contributed by atoms with van der Waals surface area (Å²) in [4.78, 5) is 24.4. The van der Waals surface area contributed by atoms with Crippen molar-refractivity contribution in [2.45, 2.75) is 44.4 Å². The van der Waals surface area contributed by atoms with Gasteiger partial charge in [0.2, 0.25) is 0 Å². The van der Waals surface area contributed by atoms with Gasteiger partial charge in [-0.3, -0.25) is 0 Å². The molecule has 2 aliphatic heterocycles. The van der Waals surface area contributed by atoms with Gasteiger partial charge < -0.3 is 24.8 Å². The third-order valence-corrected chi connectivity index (χ3v) is 3.56. The minimum absolute atomic E-state index is 0.197. The third kappa shape index (κ3) is 3.66. The first-order valence-corrected chi connectivity index (χ1v) is 6.98. The fourth-order valence-corrected chi connectivity index (χ4v) is 2.63. The van der Waals surface area contributed by atoms with Crippen LogP contribution in [0.15, 0.2) is 12.2 Å². The van der Waals surface area contributed by atoms with Gasteiger partial charge in [0.15, 0.2) is 0 Å². The highest BCUT2D eigenvalue weighted by Crippen LogP contribution is 2.32. The standard InChI is InChI=1S/C14H22N2O5/c1-13(2,3)21-11(17)15-10-8-16(12(18)19)9-14(10)6-4-5-7-20-14/h4-5,10H,6-9H2,1-3H3,(H,15,17)(H,18,19). The van der Waals surface area contributed by atoms with Crippen molar-refractivity contribution < 1.29 is 24.2 Å². The van der Waals surface area contributed by atoms with E-state index >= 15 is 0 Å². The van der Waals surface area contributed by atoms with Gasteiger partial charge in [-0.1, -0.05) is 12.2 Å². The molecule has 0 saturated carbocycles. The number of nitrogens with zero attached hydrogens (tertiary/aromatic N) is 1. The minimum Gasteiger partial charge on any atom is -0.465 e. The Labute approximate surface area is 123 Å². The van der Waals surface area contributed by atoms with E-state index in [0.29, 0.717) is 13.0 Å². The number of carboxylic acid groups (broad SMARTS) is 1. The maximum absolute atomic E-state index is 11.9. The van der Waals surface area contributed by atoms with Crippen molar-refractivity contribution in [1.29, 1.82) is 0 Å². The van der Waals surface area contributed by atoms with E-state index in [1.165, 1.54) is 4.90 Å². The largest absolute Gasteiger partial charge is 0.465 e. The van der Waals surface area contributed by atoms with Crippen LogP contribution in [-0.4, -0.2) is 59.1 Å². The van der Waals surface area contributed by atoms with Crippen LogP contribution in [0.25, 0.3) is 0 Å². The van der Waals surface area contributed by atoms with Gasteiger partial charge in [0.05, 0.1) is 19.2 Å². The highest BCUT2D eigenvalue weighted by molar-refractivity contribution is 5.70. The van der Waals surface area contributed by atoms with Gasteiger partial charge in [0.1, 0.15) is 11.2 Å². The number of carbonyl (C=O) groups is 2. The van der Waals surface area contributed by atoms with E-state index in [4.69, 9.17) is 9.47 Å². The molecule has 1 fully saturated rings. The molecule has 7 nitrogen and oxygen atoms in total. The zero-order valence-corrected chi connectivity index (χ0v) is 12.6. The molecule has 2 atom stereocenters. The summed E-state index contributed by atoms with van der Waals surface area (Å²) in [5, 5.41) is 11.9. The second-order valence-corrected chi connectivity index (χ2v) is 6.41. The van der Waals surface area contributed by atoms with Crippen LogP contribution in [0.3, 0.4) is 0 Å². The number of alkyl carbamates (subject to hydrolysis) is 1. The van der Waals surface area contributed by atoms with Crippen molar-refractivity contribution in [1.82, 2.24) is 10.2 Å². The molecule has 1 saturated heterocycles. The molecule has 2 N–H and O–H groups in total. The predicted octanol–water partition coefficient (Wildman–Crippen LogP) is 1.59. The van der Waals surface area contributed by atoms with Crippen molar-refractivity contribution in [3.8, 4) is 0 Å². The quantitative estimate of drug-likeness (QED) is 0.718. The fraction of sp³-hybridized carbons (Fsp3) is 0.714. The van der Waals surface area contributed by atoms with Crippen LogP contribution < -0.4 is 5.32 Å². The first kappa shape index (κ1) is 15.6. The zero-order valence-electron chi connectivity index (χ0n) is 12.6. The molecule has 0 bridgehead atoms. The molecular weight excluding hydrogens is 276 g/mol. The average molecular weight is 298 g/mol. The van der Waals surface area contributed by atoms with E-state index in [9.17, 15) is 14.7 Å². The predicted molar refractivity (Wildman–Crippen MR) is 75.2 cm³/mol. The molecule has 118 valence electrons. The summed E-state index contributed by atoms with van der Waals surface area (Å²) in [6.07, 6.45) is 2.84. The van der Waals surface area contributed by atoms with Gasteiger partial charge in [0, 0.05) is 6.54 Å². The maximum Gasteiger partial charge on any atom is 0.408 e. The molecule has 1 spiro atoms. The molecule has 0 aromatic heterocycles. The Kier molecular flexibility index (Phi) is 4.13. The van der Waals surface area contributed by atoms with E-state index in [1.807, 2.05) is 12.2 Å². The smallest absolute Gasteiger partial charge is 0.408 e. The van der Waals surface area contributed by atoms with Crippen LogP contribution in [0.1, 0.15) is 27.2 Å². The highest BCUT2D eigenvalue weighted by atomic mass is 16.6. The van der Waals surface area contributed by atoms with Crippen LogP contribution >= 0.6 is 0 Å². The molecule has 21 heavy (non-hydrogen) atoms. The van der Waals surface area contributed by atoms with Crippen molar-refractivity contribution in [2.24, 2.45) is 0 Å². The number of nitrogens with one attached hydrogen (secondary N) is 1. The first-order valence-electron chi connectivity index (χ1n) is 6.98. The lowest BCUT2D eigenvalue weighted by atomic mass is 9.92. The van der Waals surface area contributed by atoms with Crippen LogP contribution in [0.2, 0.25) is 0 Å². The summed E-state index contributed by atoms with van der Waals surface area (Å²) in [6, 6.07) is -0.423. The van der Waals surface area contributed by atoms with E-state index in [0.717, 1.165) is 0 Å². The van der Waals surface area contributed by atoms with Crippen LogP contribution in [0.4, 0.5) is 9.59 Å². The van der Waals surface area contributed by atoms with Crippen molar-refractivity contribution >= 4 is 12.2 Å². The van der Waals surface area contributed by atoms with E-state index in [2.05, 4.69) is 5.32 Å². The number of amides is 2. The first-order chi connectivity index (χ1) is 9.72. The summed E-state index contributed by atoms with van der Waals surface area (Å²) in [6.45, 7) is 6.19.